The number of ether oxygens (including phenoxy) is 3. The molecule has 0 aliphatic carbocycles. The Hall–Kier alpha value is -2.22. The van der Waals surface area contributed by atoms with Gasteiger partial charge < -0.3 is 14.2 Å². The van der Waals surface area contributed by atoms with Crippen molar-refractivity contribution in [1.29, 1.82) is 5.26 Å². The predicted molar refractivity (Wildman–Crippen MR) is 60.0 cm³/mol. The number of methoxy groups -OCH3 is 2. The first-order valence-corrected chi connectivity index (χ1v) is 5.00. The summed E-state index contributed by atoms with van der Waals surface area (Å²) in [7, 11) is 3.02. The van der Waals surface area contributed by atoms with Crippen LogP contribution in [0.2, 0.25) is 0 Å². The Labute approximate surface area is 99.5 Å². The molecule has 0 aromatic heterocycles. The summed E-state index contributed by atoms with van der Waals surface area (Å²) in [6.07, 6.45) is 0.204. The highest BCUT2D eigenvalue weighted by molar-refractivity contribution is 5.72. The maximum absolute atomic E-state index is 11.3. The van der Waals surface area contributed by atoms with Gasteiger partial charge in [-0.25, -0.2) is 0 Å². The van der Waals surface area contributed by atoms with Gasteiger partial charge in [0.25, 0.3) is 0 Å². The quantitative estimate of drug-likeness (QED) is 0.576. The second kappa shape index (κ2) is 6.38. The molecule has 0 saturated heterocycles. The molecule has 0 heterocycles. The molecule has 0 N–H and O–H groups in total. The van der Waals surface area contributed by atoms with Crippen LogP contribution in [0.3, 0.4) is 0 Å². The molecule has 0 atom stereocenters. The number of carbonyl (C=O) groups is 1. The van der Waals surface area contributed by atoms with Crippen molar-refractivity contribution in [2.24, 2.45) is 0 Å². The number of nitrogens with zero attached hydrogens (tertiary/aromatic N) is 1. The van der Waals surface area contributed by atoms with Crippen LogP contribution in [0.15, 0.2) is 18.2 Å². The van der Waals surface area contributed by atoms with Gasteiger partial charge in [0.15, 0.2) is 0 Å². The fraction of sp³-hybridized carbons (Fsp3) is 0.333. The minimum Gasteiger partial charge on any atom is -0.496 e. The Balaban J connectivity index is 2.76. The molecule has 0 aliphatic heterocycles. The van der Waals surface area contributed by atoms with Crippen LogP contribution in [0.4, 0.5) is 0 Å². The minimum atomic E-state index is -0.457. The van der Waals surface area contributed by atoms with E-state index in [0.717, 1.165) is 0 Å². The standard InChI is InChI=1S/C12H13NO4/c1-15-9-6-10(16-2)8-11(7-9)17-12(14)4-3-5-13/h6-8H,3-4H2,1-2H3. The van der Waals surface area contributed by atoms with E-state index >= 15 is 0 Å². The summed E-state index contributed by atoms with van der Waals surface area (Å²) >= 11 is 0. The first-order valence-electron chi connectivity index (χ1n) is 5.00. The Kier molecular flexibility index (Phi) is 4.82. The monoisotopic (exact) mass is 235 g/mol. The second-order valence-electron chi connectivity index (χ2n) is 3.18. The molecule has 1 aromatic rings. The van der Waals surface area contributed by atoms with Crippen LogP contribution in [-0.4, -0.2) is 20.2 Å². The van der Waals surface area contributed by atoms with Crippen molar-refractivity contribution < 1.29 is 19.0 Å². The van der Waals surface area contributed by atoms with Crippen molar-refractivity contribution in [3.05, 3.63) is 18.2 Å². The van der Waals surface area contributed by atoms with Crippen molar-refractivity contribution in [1.82, 2.24) is 0 Å². The molecule has 90 valence electrons. The summed E-state index contributed by atoms with van der Waals surface area (Å²) < 4.78 is 15.1. The summed E-state index contributed by atoms with van der Waals surface area (Å²) in [6, 6.07) is 6.70. The van der Waals surface area contributed by atoms with E-state index in [9.17, 15) is 4.79 Å². The molecule has 5 heteroatoms. The van der Waals surface area contributed by atoms with Crippen molar-refractivity contribution in [2.75, 3.05) is 14.2 Å². The molecule has 0 aliphatic rings. The third-order valence-electron chi connectivity index (χ3n) is 2.00. The Morgan fingerprint density at radius 1 is 1.18 bits per heavy atom. The van der Waals surface area contributed by atoms with E-state index in [1.54, 1.807) is 18.2 Å². The first-order chi connectivity index (χ1) is 8.19. The van der Waals surface area contributed by atoms with Crippen molar-refractivity contribution >= 4 is 5.97 Å². The number of carbonyl (C=O) groups excluding carboxylic acids is 1. The summed E-state index contributed by atoms with van der Waals surface area (Å²) in [5.74, 6) is 0.950. The second-order valence-corrected chi connectivity index (χ2v) is 3.18. The minimum absolute atomic E-state index is 0.0655. The maximum atomic E-state index is 11.3. The fourth-order valence-electron chi connectivity index (χ4n) is 1.18. The number of benzene rings is 1. The van der Waals surface area contributed by atoms with Crippen LogP contribution in [-0.2, 0) is 4.79 Å². The van der Waals surface area contributed by atoms with Gasteiger partial charge in [0.1, 0.15) is 17.2 Å². The zero-order valence-electron chi connectivity index (χ0n) is 9.73. The van der Waals surface area contributed by atoms with Gasteiger partial charge in [0.05, 0.1) is 26.7 Å². The average molecular weight is 235 g/mol. The Morgan fingerprint density at radius 2 is 1.71 bits per heavy atom. The van der Waals surface area contributed by atoms with Crippen LogP contribution in [0, 0.1) is 11.3 Å². The zero-order chi connectivity index (χ0) is 12.7. The fourth-order valence-corrected chi connectivity index (χ4v) is 1.18. The van der Waals surface area contributed by atoms with Gasteiger partial charge in [-0.1, -0.05) is 0 Å². The molecule has 0 amide bonds. The van der Waals surface area contributed by atoms with E-state index in [-0.39, 0.29) is 12.8 Å². The topological polar surface area (TPSA) is 68.6 Å². The van der Waals surface area contributed by atoms with Crippen molar-refractivity contribution in [2.45, 2.75) is 12.8 Å². The van der Waals surface area contributed by atoms with Gasteiger partial charge in [-0.15, -0.1) is 0 Å². The average Bonchev–Trinajstić information content (AvgIpc) is 2.35. The highest BCUT2D eigenvalue weighted by atomic mass is 16.5. The Bertz CT molecular complexity index is 414. The normalized spacial score (nSPS) is 9.24. The first kappa shape index (κ1) is 12.8. The van der Waals surface area contributed by atoms with Gasteiger partial charge in [-0.05, 0) is 0 Å². The van der Waals surface area contributed by atoms with Crippen molar-refractivity contribution in [3.8, 4) is 23.3 Å². The lowest BCUT2D eigenvalue weighted by Gasteiger charge is -2.08. The maximum Gasteiger partial charge on any atom is 0.312 e. The number of esters is 1. The molecule has 0 spiro atoms. The number of hydrogen-bond donors (Lipinski definition) is 0. The van der Waals surface area contributed by atoms with Gasteiger partial charge in [-0.2, -0.15) is 5.26 Å². The summed E-state index contributed by atoms with van der Waals surface area (Å²) in [6.45, 7) is 0. The molecule has 0 saturated carbocycles. The molecular formula is C12H13NO4. The third-order valence-corrected chi connectivity index (χ3v) is 2.00. The van der Waals surface area contributed by atoms with E-state index in [1.807, 2.05) is 6.07 Å². The highest BCUT2D eigenvalue weighted by Gasteiger charge is 2.07. The lowest BCUT2D eigenvalue weighted by atomic mass is 10.3. The van der Waals surface area contributed by atoms with E-state index < -0.39 is 5.97 Å². The molecular weight excluding hydrogens is 222 g/mol. The largest absolute Gasteiger partial charge is 0.496 e. The smallest absolute Gasteiger partial charge is 0.312 e. The SMILES string of the molecule is COc1cc(OC)cc(OC(=O)CCC#N)c1. The lowest BCUT2D eigenvalue weighted by Crippen LogP contribution is -2.07. The zero-order valence-corrected chi connectivity index (χ0v) is 9.73. The predicted octanol–water partition coefficient (Wildman–Crippen LogP) is 1.91. The van der Waals surface area contributed by atoms with E-state index in [4.69, 9.17) is 19.5 Å². The molecule has 1 rings (SSSR count). The van der Waals surface area contributed by atoms with Crippen LogP contribution < -0.4 is 14.2 Å². The van der Waals surface area contributed by atoms with Crippen LogP contribution in [0.5, 0.6) is 17.2 Å². The summed E-state index contributed by atoms with van der Waals surface area (Å²) in [4.78, 5) is 11.3. The van der Waals surface area contributed by atoms with E-state index in [2.05, 4.69) is 0 Å². The number of rotatable bonds is 5. The Morgan fingerprint density at radius 3 is 2.18 bits per heavy atom. The van der Waals surface area contributed by atoms with Gasteiger partial charge in [-0.3, -0.25) is 4.79 Å². The summed E-state index contributed by atoms with van der Waals surface area (Å²) in [5.41, 5.74) is 0. The number of nitriles is 1. The molecule has 0 unspecified atom stereocenters. The molecule has 1 aromatic carbocycles. The van der Waals surface area contributed by atoms with Gasteiger partial charge >= 0.3 is 5.97 Å². The highest BCUT2D eigenvalue weighted by Crippen LogP contribution is 2.27. The molecule has 17 heavy (non-hydrogen) atoms. The van der Waals surface area contributed by atoms with Gasteiger partial charge in [0, 0.05) is 24.6 Å². The molecule has 5 nitrogen and oxygen atoms in total. The molecule has 0 bridgehead atoms. The number of hydrogen-bond acceptors (Lipinski definition) is 5. The third kappa shape index (κ3) is 4.03. The van der Waals surface area contributed by atoms with Crippen molar-refractivity contribution in [3.63, 3.8) is 0 Å². The van der Waals surface area contributed by atoms with E-state index in [0.29, 0.717) is 17.2 Å². The van der Waals surface area contributed by atoms with Gasteiger partial charge in [0.2, 0.25) is 0 Å². The molecule has 0 fully saturated rings. The van der Waals surface area contributed by atoms with Crippen LogP contribution in [0.25, 0.3) is 0 Å². The molecule has 0 radical (unpaired) electrons. The van der Waals surface area contributed by atoms with Crippen LogP contribution in [0.1, 0.15) is 12.8 Å². The van der Waals surface area contributed by atoms with E-state index in [1.165, 1.54) is 14.2 Å². The summed E-state index contributed by atoms with van der Waals surface area (Å²) in [5, 5.41) is 8.35. The lowest BCUT2D eigenvalue weighted by molar-refractivity contribution is -0.134. The van der Waals surface area contributed by atoms with Crippen LogP contribution >= 0.6 is 0 Å².